The van der Waals surface area contributed by atoms with Crippen molar-refractivity contribution in [1.29, 1.82) is 0 Å². The van der Waals surface area contributed by atoms with Crippen LogP contribution in [0.1, 0.15) is 17.0 Å². The van der Waals surface area contributed by atoms with Crippen molar-refractivity contribution < 1.29 is 4.52 Å². The maximum atomic E-state index is 5.38. The van der Waals surface area contributed by atoms with Crippen LogP contribution in [0.25, 0.3) is 44.2 Å². The van der Waals surface area contributed by atoms with E-state index in [0.717, 1.165) is 55.6 Å². The van der Waals surface area contributed by atoms with Crippen molar-refractivity contribution in [3.05, 3.63) is 65.9 Å². The van der Waals surface area contributed by atoms with Crippen LogP contribution in [-0.4, -0.2) is 20.1 Å². The topological polar surface area (TPSA) is 67.6 Å². The molecule has 0 saturated heterocycles. The lowest BCUT2D eigenvalue weighted by molar-refractivity contribution is 0.393. The zero-order valence-electron chi connectivity index (χ0n) is 15.4. The summed E-state index contributed by atoms with van der Waals surface area (Å²) in [6.45, 7) is 6.05. The first kappa shape index (κ1) is 15.8. The molecule has 0 spiro atoms. The Morgan fingerprint density at radius 1 is 1.00 bits per heavy atom. The highest BCUT2D eigenvalue weighted by molar-refractivity contribution is 6.14. The number of nitrogens with one attached hydrogen (secondary N) is 1. The number of H-pyrrole nitrogens is 1. The minimum Gasteiger partial charge on any atom is -0.361 e. The Kier molecular flexibility index (Phi) is 3.37. The van der Waals surface area contributed by atoms with E-state index in [1.54, 1.807) is 6.20 Å². The summed E-state index contributed by atoms with van der Waals surface area (Å²) < 4.78 is 5.38. The molecule has 0 bridgehead atoms. The SMILES string of the molecule is Cc1cc2c(cc1-c1c(C)noc1C)[nH]c1ccnc(-c3cccnc3)c12. The molecule has 27 heavy (non-hydrogen) atoms. The van der Waals surface area contributed by atoms with E-state index in [4.69, 9.17) is 4.52 Å². The van der Waals surface area contributed by atoms with Crippen LogP contribution in [0, 0.1) is 20.8 Å². The van der Waals surface area contributed by atoms with Gasteiger partial charge in [0, 0.05) is 46.0 Å². The molecule has 132 valence electrons. The third-order valence-electron chi connectivity index (χ3n) is 5.09. The number of pyridine rings is 2. The monoisotopic (exact) mass is 354 g/mol. The Balaban J connectivity index is 1.83. The van der Waals surface area contributed by atoms with E-state index in [9.17, 15) is 0 Å². The number of aromatic amines is 1. The third kappa shape index (κ3) is 2.35. The van der Waals surface area contributed by atoms with Crippen LogP contribution >= 0.6 is 0 Å². The average Bonchev–Trinajstić information content (AvgIpc) is 3.21. The lowest BCUT2D eigenvalue weighted by Crippen LogP contribution is -1.88. The van der Waals surface area contributed by atoms with Crippen molar-refractivity contribution >= 4 is 21.8 Å². The molecule has 0 amide bonds. The van der Waals surface area contributed by atoms with Crippen LogP contribution in [0.15, 0.2) is 53.4 Å². The number of hydrogen-bond donors (Lipinski definition) is 1. The quantitative estimate of drug-likeness (QED) is 0.463. The van der Waals surface area contributed by atoms with Crippen molar-refractivity contribution in [2.75, 3.05) is 0 Å². The Labute approximate surface area is 156 Å². The molecule has 5 aromatic rings. The molecular formula is C22H18N4O. The number of benzene rings is 1. The molecule has 0 unspecified atom stereocenters. The van der Waals surface area contributed by atoms with E-state index in [2.05, 4.69) is 39.2 Å². The summed E-state index contributed by atoms with van der Waals surface area (Å²) in [5, 5.41) is 6.38. The van der Waals surface area contributed by atoms with Crippen LogP contribution in [-0.2, 0) is 0 Å². The van der Waals surface area contributed by atoms with Gasteiger partial charge < -0.3 is 9.51 Å². The molecule has 0 atom stereocenters. The maximum Gasteiger partial charge on any atom is 0.141 e. The first-order chi connectivity index (χ1) is 13.1. The first-order valence-electron chi connectivity index (χ1n) is 8.88. The molecule has 0 saturated carbocycles. The van der Waals surface area contributed by atoms with Crippen LogP contribution in [0.5, 0.6) is 0 Å². The number of rotatable bonds is 2. The van der Waals surface area contributed by atoms with Gasteiger partial charge in [-0.3, -0.25) is 9.97 Å². The van der Waals surface area contributed by atoms with Gasteiger partial charge in [-0.05, 0) is 62.2 Å². The molecular weight excluding hydrogens is 336 g/mol. The molecule has 5 nitrogen and oxygen atoms in total. The van der Waals surface area contributed by atoms with Crippen LogP contribution < -0.4 is 0 Å². The number of hydrogen-bond acceptors (Lipinski definition) is 4. The Morgan fingerprint density at radius 3 is 2.63 bits per heavy atom. The van der Waals surface area contributed by atoms with E-state index < -0.39 is 0 Å². The standard InChI is InChI=1S/C22H18N4O/c1-12-9-17-19(10-16(12)20-13(2)26-27-14(20)3)25-18-6-8-24-22(21(17)18)15-5-4-7-23-11-15/h4-11,25H,1-3H3. The minimum atomic E-state index is 0.837. The zero-order valence-corrected chi connectivity index (χ0v) is 15.4. The Hall–Kier alpha value is -3.47. The molecule has 4 aromatic heterocycles. The Morgan fingerprint density at radius 2 is 1.89 bits per heavy atom. The summed E-state index contributed by atoms with van der Waals surface area (Å²) in [5.74, 6) is 0.837. The molecule has 0 radical (unpaired) electrons. The Bertz CT molecular complexity index is 1280. The second-order valence-corrected chi connectivity index (χ2v) is 6.86. The van der Waals surface area contributed by atoms with Crippen LogP contribution in [0.4, 0.5) is 0 Å². The third-order valence-corrected chi connectivity index (χ3v) is 5.09. The molecule has 0 fully saturated rings. The predicted molar refractivity (Wildman–Crippen MR) is 107 cm³/mol. The zero-order chi connectivity index (χ0) is 18.5. The van der Waals surface area contributed by atoms with Gasteiger partial charge in [-0.25, -0.2) is 0 Å². The summed E-state index contributed by atoms with van der Waals surface area (Å²) in [5.41, 5.74) is 8.38. The number of fused-ring (bicyclic) bond motifs is 3. The lowest BCUT2D eigenvalue weighted by atomic mass is 9.96. The van der Waals surface area contributed by atoms with E-state index in [1.807, 2.05) is 44.4 Å². The predicted octanol–water partition coefficient (Wildman–Crippen LogP) is 5.36. The molecule has 0 aliphatic carbocycles. The second kappa shape index (κ2) is 5.77. The summed E-state index contributed by atoms with van der Waals surface area (Å²) in [6, 6.07) is 10.4. The van der Waals surface area contributed by atoms with E-state index in [0.29, 0.717) is 0 Å². The van der Waals surface area contributed by atoms with Crippen molar-refractivity contribution in [2.24, 2.45) is 0 Å². The molecule has 0 aliphatic heterocycles. The van der Waals surface area contributed by atoms with Crippen LogP contribution in [0.3, 0.4) is 0 Å². The van der Waals surface area contributed by atoms with Gasteiger partial charge in [-0.15, -0.1) is 0 Å². The van der Waals surface area contributed by atoms with Crippen LogP contribution in [0.2, 0.25) is 0 Å². The highest BCUT2D eigenvalue weighted by Crippen LogP contribution is 2.37. The molecule has 5 rings (SSSR count). The summed E-state index contributed by atoms with van der Waals surface area (Å²) in [6.07, 6.45) is 5.46. The van der Waals surface area contributed by atoms with Gasteiger partial charge >= 0.3 is 0 Å². The van der Waals surface area contributed by atoms with Crippen molar-refractivity contribution in [2.45, 2.75) is 20.8 Å². The minimum absolute atomic E-state index is 0.837. The highest BCUT2D eigenvalue weighted by atomic mass is 16.5. The van der Waals surface area contributed by atoms with Gasteiger partial charge in [0.25, 0.3) is 0 Å². The molecule has 4 heterocycles. The van der Waals surface area contributed by atoms with E-state index in [1.165, 1.54) is 5.56 Å². The lowest BCUT2D eigenvalue weighted by Gasteiger charge is -2.07. The van der Waals surface area contributed by atoms with Gasteiger partial charge in [0.1, 0.15) is 5.76 Å². The molecule has 1 aromatic carbocycles. The van der Waals surface area contributed by atoms with Gasteiger partial charge in [-0.2, -0.15) is 0 Å². The fourth-order valence-electron chi connectivity index (χ4n) is 3.86. The molecule has 5 heteroatoms. The highest BCUT2D eigenvalue weighted by Gasteiger charge is 2.17. The second-order valence-electron chi connectivity index (χ2n) is 6.86. The smallest absolute Gasteiger partial charge is 0.141 e. The number of aryl methyl sites for hydroxylation is 3. The number of nitrogens with zero attached hydrogens (tertiary/aromatic N) is 3. The normalized spacial score (nSPS) is 11.5. The van der Waals surface area contributed by atoms with E-state index >= 15 is 0 Å². The van der Waals surface area contributed by atoms with Crippen molar-refractivity contribution in [3.8, 4) is 22.4 Å². The fourth-order valence-corrected chi connectivity index (χ4v) is 3.86. The van der Waals surface area contributed by atoms with Gasteiger partial charge in [0.05, 0.1) is 16.9 Å². The average molecular weight is 354 g/mol. The van der Waals surface area contributed by atoms with Gasteiger partial charge in [0.2, 0.25) is 0 Å². The largest absolute Gasteiger partial charge is 0.361 e. The molecule has 1 N–H and O–H groups in total. The van der Waals surface area contributed by atoms with Crippen molar-refractivity contribution in [3.63, 3.8) is 0 Å². The van der Waals surface area contributed by atoms with Gasteiger partial charge in [-0.1, -0.05) is 5.16 Å². The molecule has 0 aliphatic rings. The summed E-state index contributed by atoms with van der Waals surface area (Å²) in [4.78, 5) is 12.4. The van der Waals surface area contributed by atoms with Gasteiger partial charge in [0.15, 0.2) is 0 Å². The number of aromatic nitrogens is 4. The van der Waals surface area contributed by atoms with E-state index in [-0.39, 0.29) is 0 Å². The first-order valence-corrected chi connectivity index (χ1v) is 8.88. The maximum absolute atomic E-state index is 5.38. The summed E-state index contributed by atoms with van der Waals surface area (Å²) >= 11 is 0. The summed E-state index contributed by atoms with van der Waals surface area (Å²) in [7, 11) is 0. The van der Waals surface area contributed by atoms with Crippen molar-refractivity contribution in [1.82, 2.24) is 20.1 Å². The fraction of sp³-hybridized carbons (Fsp3) is 0.136.